The van der Waals surface area contributed by atoms with Crippen LogP contribution < -0.4 is 10.9 Å². The van der Waals surface area contributed by atoms with Gasteiger partial charge in [-0.1, -0.05) is 28.9 Å². The molecule has 0 aliphatic heterocycles. The van der Waals surface area contributed by atoms with Gasteiger partial charge in [0, 0.05) is 30.1 Å². The molecular weight excluding hydrogens is 411 g/mol. The minimum absolute atomic E-state index is 0.0859. The molecule has 0 unspecified atom stereocenters. The predicted molar refractivity (Wildman–Crippen MR) is 109 cm³/mol. The third-order valence-corrected chi connectivity index (χ3v) is 4.82. The highest BCUT2D eigenvalue weighted by molar-refractivity contribution is 6.30. The Morgan fingerprint density at radius 1 is 1.13 bits per heavy atom. The lowest BCUT2D eigenvalue weighted by Crippen LogP contribution is -2.27. The van der Waals surface area contributed by atoms with E-state index in [1.165, 1.54) is 35.2 Å². The fourth-order valence-corrected chi connectivity index (χ4v) is 3.08. The van der Waals surface area contributed by atoms with Crippen molar-refractivity contribution in [1.82, 2.24) is 20.0 Å². The number of halogens is 2. The summed E-state index contributed by atoms with van der Waals surface area (Å²) in [6.07, 6.45) is 1.41. The Bertz CT molecular complexity index is 1250. The zero-order chi connectivity index (χ0) is 21.1. The van der Waals surface area contributed by atoms with Crippen molar-refractivity contribution in [3.63, 3.8) is 0 Å². The van der Waals surface area contributed by atoms with Crippen molar-refractivity contribution in [2.75, 3.05) is 0 Å². The number of carbonyl (C=O) groups is 1. The summed E-state index contributed by atoms with van der Waals surface area (Å²) in [5.74, 6) is -0.604. The molecule has 0 radical (unpaired) electrons. The van der Waals surface area contributed by atoms with Crippen LogP contribution in [0.15, 0.2) is 64.2 Å². The first kappa shape index (κ1) is 19.8. The third-order valence-electron chi connectivity index (χ3n) is 4.56. The number of amides is 1. The molecule has 2 aromatic carbocycles. The van der Waals surface area contributed by atoms with Crippen LogP contribution in [0.4, 0.5) is 4.39 Å². The normalized spacial score (nSPS) is 11.0. The number of aryl methyl sites for hydroxylation is 1. The molecule has 0 bridgehead atoms. The molecule has 0 saturated heterocycles. The first-order valence-corrected chi connectivity index (χ1v) is 9.51. The maximum atomic E-state index is 13.2. The van der Waals surface area contributed by atoms with Crippen LogP contribution in [0.1, 0.15) is 12.0 Å². The maximum absolute atomic E-state index is 13.2. The molecule has 2 heterocycles. The number of hydrogen-bond donors (Lipinski definition) is 1. The summed E-state index contributed by atoms with van der Waals surface area (Å²) in [6, 6.07) is 12.7. The molecule has 30 heavy (non-hydrogen) atoms. The highest BCUT2D eigenvalue weighted by atomic mass is 35.5. The minimum Gasteiger partial charge on any atom is -0.352 e. The van der Waals surface area contributed by atoms with Gasteiger partial charge < -0.3 is 9.84 Å². The standard InChI is InChI=1S/C21H16ClFN4O3/c22-15-5-1-13(2-6-15)11-24-17(28)9-10-27-12-25-20-18(21(27)29)19(26-30-20)14-3-7-16(23)8-4-14/h1-8,12H,9-11H2,(H,24,28). The van der Waals surface area contributed by atoms with E-state index in [1.807, 2.05) is 12.1 Å². The van der Waals surface area contributed by atoms with Crippen LogP contribution in [0.25, 0.3) is 22.4 Å². The topological polar surface area (TPSA) is 90.0 Å². The van der Waals surface area contributed by atoms with E-state index in [0.717, 1.165) is 5.56 Å². The SMILES string of the molecule is O=C(CCn1cnc2onc(-c3ccc(F)cc3)c2c1=O)NCc1ccc(Cl)cc1. The summed E-state index contributed by atoms with van der Waals surface area (Å²) in [6.45, 7) is 0.505. The van der Waals surface area contributed by atoms with Crippen molar-refractivity contribution in [1.29, 1.82) is 0 Å². The largest absolute Gasteiger partial charge is 0.352 e. The summed E-state index contributed by atoms with van der Waals surface area (Å²) in [5.41, 5.74) is 1.44. The molecule has 0 aliphatic carbocycles. The molecule has 9 heteroatoms. The van der Waals surface area contributed by atoms with Crippen LogP contribution in [-0.4, -0.2) is 20.6 Å². The van der Waals surface area contributed by atoms with Gasteiger partial charge in [-0.05, 0) is 42.0 Å². The van der Waals surface area contributed by atoms with E-state index in [4.69, 9.17) is 16.1 Å². The Morgan fingerprint density at radius 3 is 2.60 bits per heavy atom. The lowest BCUT2D eigenvalue weighted by molar-refractivity contribution is -0.121. The van der Waals surface area contributed by atoms with E-state index in [9.17, 15) is 14.0 Å². The fourth-order valence-electron chi connectivity index (χ4n) is 2.96. The molecule has 4 rings (SSSR count). The Balaban J connectivity index is 1.48. The Hall–Kier alpha value is -3.52. The predicted octanol–water partition coefficient (Wildman–Crippen LogP) is 3.55. The van der Waals surface area contributed by atoms with Gasteiger partial charge in [-0.15, -0.1) is 0 Å². The average molecular weight is 427 g/mol. The number of aromatic nitrogens is 3. The number of fused-ring (bicyclic) bond motifs is 1. The summed E-state index contributed by atoms with van der Waals surface area (Å²) >= 11 is 5.84. The summed E-state index contributed by atoms with van der Waals surface area (Å²) in [4.78, 5) is 29.1. The van der Waals surface area contributed by atoms with E-state index in [1.54, 1.807) is 12.1 Å². The van der Waals surface area contributed by atoms with Gasteiger partial charge in [0.05, 0.1) is 0 Å². The van der Waals surface area contributed by atoms with Crippen molar-refractivity contribution < 1.29 is 13.7 Å². The molecule has 0 spiro atoms. The van der Waals surface area contributed by atoms with E-state index in [2.05, 4.69) is 15.5 Å². The zero-order valence-corrected chi connectivity index (χ0v) is 16.4. The van der Waals surface area contributed by atoms with Gasteiger partial charge in [-0.2, -0.15) is 0 Å². The number of benzene rings is 2. The molecule has 1 N–H and O–H groups in total. The summed E-state index contributed by atoms with van der Waals surface area (Å²) in [5, 5.41) is 7.51. The molecule has 152 valence electrons. The maximum Gasteiger partial charge on any atom is 0.266 e. The van der Waals surface area contributed by atoms with E-state index >= 15 is 0 Å². The summed E-state index contributed by atoms with van der Waals surface area (Å²) in [7, 11) is 0. The highest BCUT2D eigenvalue weighted by Gasteiger charge is 2.17. The number of carbonyl (C=O) groups excluding carboxylic acids is 1. The molecular formula is C21H16ClFN4O3. The van der Waals surface area contributed by atoms with Gasteiger partial charge in [-0.25, -0.2) is 9.37 Å². The lowest BCUT2D eigenvalue weighted by Gasteiger charge is -2.07. The highest BCUT2D eigenvalue weighted by Crippen LogP contribution is 2.24. The van der Waals surface area contributed by atoms with Gasteiger partial charge in [-0.3, -0.25) is 14.2 Å². The second kappa shape index (κ2) is 8.46. The van der Waals surface area contributed by atoms with E-state index in [0.29, 0.717) is 17.1 Å². The van der Waals surface area contributed by atoms with Crippen LogP contribution >= 0.6 is 11.6 Å². The van der Waals surface area contributed by atoms with Crippen LogP contribution in [-0.2, 0) is 17.9 Å². The number of nitrogens with zero attached hydrogens (tertiary/aromatic N) is 3. The smallest absolute Gasteiger partial charge is 0.266 e. The third kappa shape index (κ3) is 4.23. The van der Waals surface area contributed by atoms with Crippen molar-refractivity contribution >= 4 is 28.6 Å². The monoisotopic (exact) mass is 426 g/mol. The Labute approximate surface area is 175 Å². The van der Waals surface area contributed by atoms with Crippen molar-refractivity contribution in [2.45, 2.75) is 19.5 Å². The van der Waals surface area contributed by atoms with Gasteiger partial charge in [0.1, 0.15) is 23.2 Å². The van der Waals surface area contributed by atoms with Crippen molar-refractivity contribution in [3.8, 4) is 11.3 Å². The number of hydrogen-bond acceptors (Lipinski definition) is 5. The molecule has 0 saturated carbocycles. The summed E-state index contributed by atoms with van der Waals surface area (Å²) < 4.78 is 19.6. The number of nitrogens with one attached hydrogen (secondary N) is 1. The first-order chi connectivity index (χ1) is 14.5. The second-order valence-corrected chi connectivity index (χ2v) is 7.05. The number of rotatable bonds is 6. The second-order valence-electron chi connectivity index (χ2n) is 6.61. The zero-order valence-electron chi connectivity index (χ0n) is 15.6. The first-order valence-electron chi connectivity index (χ1n) is 9.13. The molecule has 4 aromatic rings. The quantitative estimate of drug-likeness (QED) is 0.509. The van der Waals surface area contributed by atoms with Crippen LogP contribution in [0.5, 0.6) is 0 Å². The fraction of sp³-hybridized carbons (Fsp3) is 0.143. The average Bonchev–Trinajstić information content (AvgIpc) is 3.18. The molecule has 1 amide bonds. The van der Waals surface area contributed by atoms with Crippen molar-refractivity contribution in [3.05, 3.63) is 81.6 Å². The molecule has 2 aromatic heterocycles. The van der Waals surface area contributed by atoms with E-state index < -0.39 is 5.82 Å². The Morgan fingerprint density at radius 2 is 1.87 bits per heavy atom. The van der Waals surface area contributed by atoms with Crippen LogP contribution in [0.3, 0.4) is 0 Å². The van der Waals surface area contributed by atoms with Gasteiger partial charge in [0.25, 0.3) is 11.3 Å². The molecule has 0 aliphatic rings. The van der Waals surface area contributed by atoms with E-state index in [-0.39, 0.29) is 41.2 Å². The van der Waals surface area contributed by atoms with Crippen molar-refractivity contribution in [2.24, 2.45) is 0 Å². The molecule has 0 fully saturated rings. The van der Waals surface area contributed by atoms with Gasteiger partial charge >= 0.3 is 0 Å². The molecule has 7 nitrogen and oxygen atoms in total. The Kier molecular flexibility index (Phi) is 5.58. The molecule has 0 atom stereocenters. The van der Waals surface area contributed by atoms with Gasteiger partial charge in [0.2, 0.25) is 5.91 Å². The van der Waals surface area contributed by atoms with Gasteiger partial charge in [0.15, 0.2) is 0 Å². The lowest BCUT2D eigenvalue weighted by atomic mass is 10.1. The minimum atomic E-state index is -0.397. The van der Waals surface area contributed by atoms with Crippen LogP contribution in [0.2, 0.25) is 5.02 Å². The van der Waals surface area contributed by atoms with Crippen LogP contribution in [0, 0.1) is 5.82 Å².